The summed E-state index contributed by atoms with van der Waals surface area (Å²) in [5.41, 5.74) is 0. The van der Waals surface area contributed by atoms with Gasteiger partial charge in [0.1, 0.15) is 18.2 Å². The zero-order valence-electron chi connectivity index (χ0n) is 9.06. The third kappa shape index (κ3) is 2.08. The second kappa shape index (κ2) is 4.67. The first-order valence-corrected chi connectivity index (χ1v) is 5.45. The van der Waals surface area contributed by atoms with Crippen LogP contribution in [0.1, 0.15) is 24.5 Å². The molecule has 0 spiro atoms. The Morgan fingerprint density at radius 3 is 2.82 bits per heavy atom. The molecule has 4 atom stereocenters. The van der Waals surface area contributed by atoms with Crippen molar-refractivity contribution in [2.75, 3.05) is 0 Å². The summed E-state index contributed by atoms with van der Waals surface area (Å²) in [7, 11) is 0. The zero-order chi connectivity index (χ0) is 12.4. The van der Waals surface area contributed by atoms with Crippen molar-refractivity contribution in [1.29, 1.82) is 0 Å². The summed E-state index contributed by atoms with van der Waals surface area (Å²) in [6.45, 7) is 0. The molecule has 0 aliphatic heterocycles. The summed E-state index contributed by atoms with van der Waals surface area (Å²) in [6.07, 6.45) is 1.81. The van der Waals surface area contributed by atoms with Gasteiger partial charge in [0.25, 0.3) is 0 Å². The molecule has 0 amide bonds. The van der Waals surface area contributed by atoms with Crippen LogP contribution in [-0.4, -0.2) is 28.5 Å². The van der Waals surface area contributed by atoms with Crippen molar-refractivity contribution in [3.05, 3.63) is 34.3 Å². The summed E-state index contributed by atoms with van der Waals surface area (Å²) in [5, 5.41) is 20.7. The molecule has 1 saturated carbocycles. The van der Waals surface area contributed by atoms with Gasteiger partial charge >= 0.3 is 0 Å². The van der Waals surface area contributed by atoms with E-state index in [9.17, 15) is 20.0 Å². The molecule has 1 aromatic rings. The number of carbonyl (C=O) groups excluding carboxylic acids is 1. The lowest BCUT2D eigenvalue weighted by Crippen LogP contribution is -2.46. The molecule has 0 radical (unpaired) electrons. The Balaban J connectivity index is 2.37. The number of aliphatic hydroxyl groups is 1. The van der Waals surface area contributed by atoms with E-state index in [1.807, 2.05) is 0 Å². The first kappa shape index (κ1) is 11.8. The van der Waals surface area contributed by atoms with Gasteiger partial charge in [0.15, 0.2) is 0 Å². The lowest BCUT2D eigenvalue weighted by Gasteiger charge is -2.32. The second-order valence-electron chi connectivity index (χ2n) is 4.26. The molecule has 0 unspecified atom stereocenters. The number of hydrogen-bond donors (Lipinski definition) is 1. The summed E-state index contributed by atoms with van der Waals surface area (Å²) in [4.78, 5) is 21.5. The van der Waals surface area contributed by atoms with E-state index in [0.717, 1.165) is 6.29 Å². The summed E-state index contributed by atoms with van der Waals surface area (Å²) >= 11 is 0. The third-order valence-corrected chi connectivity index (χ3v) is 3.31. The van der Waals surface area contributed by atoms with E-state index in [4.69, 9.17) is 4.42 Å². The maximum absolute atomic E-state index is 11.0. The van der Waals surface area contributed by atoms with Crippen LogP contribution in [0.25, 0.3) is 0 Å². The van der Waals surface area contributed by atoms with Crippen molar-refractivity contribution in [3.63, 3.8) is 0 Å². The molecule has 6 nitrogen and oxygen atoms in total. The summed E-state index contributed by atoms with van der Waals surface area (Å²) < 4.78 is 5.16. The van der Waals surface area contributed by atoms with Gasteiger partial charge in [-0.1, -0.05) is 0 Å². The molecule has 1 fully saturated rings. The van der Waals surface area contributed by atoms with Crippen molar-refractivity contribution in [2.24, 2.45) is 5.92 Å². The maximum atomic E-state index is 11.0. The molecule has 1 aliphatic carbocycles. The van der Waals surface area contributed by atoms with Gasteiger partial charge in [-0.25, -0.2) is 0 Å². The molecule has 6 heteroatoms. The van der Waals surface area contributed by atoms with Crippen molar-refractivity contribution >= 4 is 6.29 Å². The minimum atomic E-state index is -1.18. The van der Waals surface area contributed by atoms with E-state index < -0.39 is 28.9 Å². The minimum absolute atomic E-state index is 0.270. The van der Waals surface area contributed by atoms with Crippen LogP contribution in [0, 0.1) is 16.0 Å². The topological polar surface area (TPSA) is 93.6 Å². The van der Waals surface area contributed by atoms with E-state index in [1.165, 1.54) is 6.26 Å². The highest BCUT2D eigenvalue weighted by Gasteiger charge is 2.48. The molecule has 0 bridgehead atoms. The fourth-order valence-electron chi connectivity index (χ4n) is 2.49. The molecule has 0 aromatic carbocycles. The maximum Gasteiger partial charge on any atom is 0.249 e. The number of furan rings is 1. The molecule has 1 heterocycles. The van der Waals surface area contributed by atoms with Gasteiger partial charge in [-0.15, -0.1) is 0 Å². The minimum Gasteiger partial charge on any atom is -0.469 e. The van der Waals surface area contributed by atoms with Crippen LogP contribution >= 0.6 is 0 Å². The van der Waals surface area contributed by atoms with Crippen LogP contribution < -0.4 is 0 Å². The van der Waals surface area contributed by atoms with Gasteiger partial charge in [0.2, 0.25) is 6.04 Å². The van der Waals surface area contributed by atoms with Crippen LogP contribution in [0.15, 0.2) is 22.8 Å². The molecule has 92 valence electrons. The summed E-state index contributed by atoms with van der Waals surface area (Å²) in [6, 6.07) is 2.05. The predicted molar refractivity (Wildman–Crippen MR) is 57.0 cm³/mol. The lowest BCUT2D eigenvalue weighted by atomic mass is 9.74. The van der Waals surface area contributed by atoms with E-state index in [-0.39, 0.29) is 6.42 Å². The van der Waals surface area contributed by atoms with Gasteiger partial charge in [0, 0.05) is 10.8 Å². The number of nitro groups is 1. The Morgan fingerprint density at radius 2 is 2.29 bits per heavy atom. The van der Waals surface area contributed by atoms with E-state index in [2.05, 4.69) is 0 Å². The third-order valence-electron chi connectivity index (χ3n) is 3.31. The van der Waals surface area contributed by atoms with Crippen molar-refractivity contribution in [2.45, 2.75) is 30.9 Å². The highest BCUT2D eigenvalue weighted by Crippen LogP contribution is 2.38. The first-order chi connectivity index (χ1) is 8.15. The number of carbonyl (C=O) groups is 1. The van der Waals surface area contributed by atoms with Crippen LogP contribution in [0.3, 0.4) is 0 Å². The molecule has 1 aliphatic rings. The highest BCUT2D eigenvalue weighted by atomic mass is 16.6. The van der Waals surface area contributed by atoms with Gasteiger partial charge in [-0.2, -0.15) is 0 Å². The largest absolute Gasteiger partial charge is 0.469 e. The van der Waals surface area contributed by atoms with Gasteiger partial charge in [0.05, 0.1) is 12.2 Å². The molecular weight excluding hydrogens is 226 g/mol. The number of aldehydes is 1. The van der Waals surface area contributed by atoms with Crippen LogP contribution in [0.4, 0.5) is 0 Å². The fourth-order valence-corrected chi connectivity index (χ4v) is 2.49. The zero-order valence-corrected chi connectivity index (χ0v) is 9.06. The number of aliphatic hydroxyl groups excluding tert-OH is 1. The molecular formula is C11H13NO5. The Morgan fingerprint density at radius 1 is 1.53 bits per heavy atom. The van der Waals surface area contributed by atoms with Crippen LogP contribution in [-0.2, 0) is 4.79 Å². The molecule has 1 N–H and O–H groups in total. The molecule has 2 rings (SSSR count). The van der Waals surface area contributed by atoms with E-state index in [0.29, 0.717) is 12.2 Å². The van der Waals surface area contributed by atoms with Crippen molar-refractivity contribution < 1.29 is 19.2 Å². The molecule has 0 saturated heterocycles. The number of rotatable bonds is 3. The predicted octanol–water partition coefficient (Wildman–Crippen LogP) is 0.978. The molecule has 1 aromatic heterocycles. The quantitative estimate of drug-likeness (QED) is 0.482. The smallest absolute Gasteiger partial charge is 0.249 e. The average Bonchev–Trinajstić information content (AvgIpc) is 2.81. The van der Waals surface area contributed by atoms with Crippen molar-refractivity contribution in [1.82, 2.24) is 0 Å². The Kier molecular flexibility index (Phi) is 3.23. The Labute approximate surface area is 97.4 Å². The standard InChI is InChI=1S/C11H13NO5/c13-6-7-3-4-8(14)11(12(15)16)10(7)9-2-1-5-17-9/h1-2,5-8,10-11,14H,3-4H2/t7-,8-,10+,11-/m1/s1. The van der Waals surface area contributed by atoms with Gasteiger partial charge < -0.3 is 14.3 Å². The van der Waals surface area contributed by atoms with Gasteiger partial charge in [-0.3, -0.25) is 10.1 Å². The number of nitrogens with zero attached hydrogens (tertiary/aromatic N) is 1. The highest BCUT2D eigenvalue weighted by molar-refractivity contribution is 5.56. The van der Waals surface area contributed by atoms with Crippen molar-refractivity contribution in [3.8, 4) is 0 Å². The normalized spacial score (nSPS) is 33.2. The van der Waals surface area contributed by atoms with Crippen LogP contribution in [0.2, 0.25) is 0 Å². The first-order valence-electron chi connectivity index (χ1n) is 5.45. The summed E-state index contributed by atoms with van der Waals surface area (Å²) in [5.74, 6) is -0.760. The Bertz CT molecular complexity index is 402. The number of hydrogen-bond acceptors (Lipinski definition) is 5. The molecule has 17 heavy (non-hydrogen) atoms. The SMILES string of the molecule is O=C[C@H]1CC[C@@H](O)[C@@H]([N+](=O)[O-])[C@@H]1c1ccco1. The average molecular weight is 239 g/mol. The second-order valence-corrected chi connectivity index (χ2v) is 4.26. The lowest BCUT2D eigenvalue weighted by molar-refractivity contribution is -0.543. The van der Waals surface area contributed by atoms with E-state index >= 15 is 0 Å². The Hall–Kier alpha value is -1.69. The van der Waals surface area contributed by atoms with Gasteiger partial charge in [-0.05, 0) is 25.0 Å². The van der Waals surface area contributed by atoms with Crippen LogP contribution in [0.5, 0.6) is 0 Å². The fraction of sp³-hybridized carbons (Fsp3) is 0.545. The van der Waals surface area contributed by atoms with E-state index in [1.54, 1.807) is 12.1 Å². The monoisotopic (exact) mass is 239 g/mol.